The highest BCUT2D eigenvalue weighted by molar-refractivity contribution is 6.34. The summed E-state index contributed by atoms with van der Waals surface area (Å²) >= 11 is 11.3. The summed E-state index contributed by atoms with van der Waals surface area (Å²) in [7, 11) is 1.13. The number of esters is 1. The van der Waals surface area contributed by atoms with E-state index in [1.807, 2.05) is 0 Å². The van der Waals surface area contributed by atoms with Gasteiger partial charge < -0.3 is 4.74 Å². The van der Waals surface area contributed by atoms with Gasteiger partial charge in [0.1, 0.15) is 11.5 Å². The zero-order valence-corrected chi connectivity index (χ0v) is 10.5. The number of carbonyl (C=O) groups excluding carboxylic acids is 1. The Labute approximate surface area is 111 Å². The highest BCUT2D eigenvalue weighted by Gasteiger charge is 2.11. The molecule has 0 aliphatic heterocycles. The van der Waals surface area contributed by atoms with E-state index in [0.29, 0.717) is 0 Å². The van der Waals surface area contributed by atoms with E-state index in [1.165, 1.54) is 6.07 Å². The third-order valence-corrected chi connectivity index (χ3v) is 2.50. The number of azide groups is 1. The number of rotatable bonds is 3. The van der Waals surface area contributed by atoms with Crippen LogP contribution < -0.4 is 0 Å². The van der Waals surface area contributed by atoms with Crippen molar-refractivity contribution in [3.63, 3.8) is 0 Å². The van der Waals surface area contributed by atoms with E-state index in [-0.39, 0.29) is 21.3 Å². The molecule has 0 saturated carbocycles. The molecule has 1 aromatic rings. The second-order valence-electron chi connectivity index (χ2n) is 3.00. The third kappa shape index (κ3) is 3.37. The van der Waals surface area contributed by atoms with Gasteiger partial charge in [0, 0.05) is 4.91 Å². The molecule has 0 spiro atoms. The fourth-order valence-electron chi connectivity index (χ4n) is 1.08. The predicted octanol–water partition coefficient (Wildman–Crippen LogP) is 3.96. The fourth-order valence-corrected chi connectivity index (χ4v) is 1.45. The van der Waals surface area contributed by atoms with Crippen molar-refractivity contribution >= 4 is 35.2 Å². The average molecular weight is 290 g/mol. The molecule has 1 rings (SSSR count). The van der Waals surface area contributed by atoms with E-state index in [9.17, 15) is 9.18 Å². The maximum absolute atomic E-state index is 13.1. The van der Waals surface area contributed by atoms with Crippen LogP contribution in [0.15, 0.2) is 22.9 Å². The molecule has 0 aliphatic carbocycles. The number of carbonyl (C=O) groups is 1. The minimum atomic E-state index is -0.843. The van der Waals surface area contributed by atoms with Crippen molar-refractivity contribution in [1.29, 1.82) is 0 Å². The molecule has 94 valence electrons. The van der Waals surface area contributed by atoms with Gasteiger partial charge in [0.2, 0.25) is 0 Å². The molecular weight excluding hydrogens is 284 g/mol. The van der Waals surface area contributed by atoms with E-state index >= 15 is 0 Å². The van der Waals surface area contributed by atoms with E-state index in [1.54, 1.807) is 0 Å². The lowest BCUT2D eigenvalue weighted by Crippen LogP contribution is -2.02. The van der Waals surface area contributed by atoms with E-state index in [0.717, 1.165) is 19.3 Å². The molecule has 0 atom stereocenters. The Morgan fingerprint density at radius 3 is 2.72 bits per heavy atom. The molecule has 0 radical (unpaired) electrons. The number of hydrogen-bond donors (Lipinski definition) is 0. The zero-order valence-electron chi connectivity index (χ0n) is 9.02. The average Bonchev–Trinajstić information content (AvgIpc) is 2.34. The molecule has 1 aromatic carbocycles. The molecule has 18 heavy (non-hydrogen) atoms. The second-order valence-corrected chi connectivity index (χ2v) is 3.81. The topological polar surface area (TPSA) is 75.1 Å². The Bertz CT molecular complexity index is 568. The first-order chi connectivity index (χ1) is 8.49. The fraction of sp³-hybridized carbons (Fsp3) is 0.100. The maximum Gasteiger partial charge on any atom is 0.340 e. The molecule has 5 nitrogen and oxygen atoms in total. The molecule has 0 saturated heterocycles. The summed E-state index contributed by atoms with van der Waals surface area (Å²) in [5.41, 5.74) is 8.23. The molecule has 0 unspecified atom stereocenters. The van der Waals surface area contributed by atoms with Gasteiger partial charge in [-0.25, -0.2) is 9.18 Å². The lowest BCUT2D eigenvalue weighted by atomic mass is 10.2. The Balaban J connectivity index is 3.32. The van der Waals surface area contributed by atoms with Gasteiger partial charge in [0.05, 0.1) is 17.2 Å². The van der Waals surface area contributed by atoms with Crippen LogP contribution in [0.4, 0.5) is 4.39 Å². The molecule has 0 bridgehead atoms. The zero-order chi connectivity index (χ0) is 13.7. The molecule has 0 amide bonds. The lowest BCUT2D eigenvalue weighted by molar-refractivity contribution is -0.136. The van der Waals surface area contributed by atoms with Crippen molar-refractivity contribution in [2.75, 3.05) is 7.11 Å². The largest absolute Gasteiger partial charge is 0.466 e. The first-order valence-corrected chi connectivity index (χ1v) is 5.25. The minimum Gasteiger partial charge on any atom is -0.466 e. The van der Waals surface area contributed by atoms with Crippen LogP contribution in [0.2, 0.25) is 10.0 Å². The predicted molar refractivity (Wildman–Crippen MR) is 65.6 cm³/mol. The van der Waals surface area contributed by atoms with Crippen molar-refractivity contribution in [3.8, 4) is 0 Å². The monoisotopic (exact) mass is 289 g/mol. The molecule has 0 fully saturated rings. The lowest BCUT2D eigenvalue weighted by Gasteiger charge is -2.03. The number of methoxy groups -OCH3 is 1. The number of benzene rings is 1. The number of ether oxygens (including phenoxy) is 1. The molecule has 0 heterocycles. The quantitative estimate of drug-likeness (QED) is 0.211. The summed E-state index contributed by atoms with van der Waals surface area (Å²) < 4.78 is 17.5. The number of hydrogen-bond acceptors (Lipinski definition) is 3. The van der Waals surface area contributed by atoms with E-state index in [2.05, 4.69) is 14.8 Å². The van der Waals surface area contributed by atoms with Gasteiger partial charge in [-0.1, -0.05) is 28.3 Å². The maximum atomic E-state index is 13.1. The summed E-state index contributed by atoms with van der Waals surface area (Å²) in [6.07, 6.45) is 1.15. The highest BCUT2D eigenvalue weighted by atomic mass is 35.5. The van der Waals surface area contributed by atoms with Gasteiger partial charge in [-0.2, -0.15) is 0 Å². The van der Waals surface area contributed by atoms with Crippen LogP contribution in [0.3, 0.4) is 0 Å². The van der Waals surface area contributed by atoms with E-state index < -0.39 is 11.8 Å². The highest BCUT2D eigenvalue weighted by Crippen LogP contribution is 2.26. The van der Waals surface area contributed by atoms with Crippen molar-refractivity contribution in [2.45, 2.75) is 0 Å². The van der Waals surface area contributed by atoms with Crippen LogP contribution in [0, 0.1) is 5.82 Å². The van der Waals surface area contributed by atoms with Gasteiger partial charge in [-0.3, -0.25) is 0 Å². The van der Waals surface area contributed by atoms with Crippen LogP contribution in [-0.2, 0) is 9.53 Å². The summed E-state index contributed by atoms with van der Waals surface area (Å²) in [5, 5.41) is 3.00. The van der Waals surface area contributed by atoms with Crippen molar-refractivity contribution in [3.05, 3.63) is 49.7 Å². The summed E-state index contributed by atoms with van der Waals surface area (Å²) in [6.45, 7) is 0. The normalized spacial score (nSPS) is 10.8. The number of nitrogens with zero attached hydrogens (tertiary/aromatic N) is 3. The van der Waals surface area contributed by atoms with Crippen molar-refractivity contribution in [1.82, 2.24) is 0 Å². The molecule has 0 aromatic heterocycles. The third-order valence-electron chi connectivity index (χ3n) is 1.88. The van der Waals surface area contributed by atoms with Crippen LogP contribution in [-0.4, -0.2) is 13.1 Å². The Morgan fingerprint density at radius 1 is 1.50 bits per heavy atom. The van der Waals surface area contributed by atoms with Gasteiger partial charge >= 0.3 is 5.97 Å². The molecule has 8 heteroatoms. The van der Waals surface area contributed by atoms with Gasteiger partial charge in [-0.05, 0) is 29.3 Å². The van der Waals surface area contributed by atoms with Crippen LogP contribution in [0.1, 0.15) is 5.56 Å². The van der Waals surface area contributed by atoms with Crippen LogP contribution in [0.25, 0.3) is 16.5 Å². The Hall–Kier alpha value is -1.75. The van der Waals surface area contributed by atoms with Gasteiger partial charge in [-0.15, -0.1) is 0 Å². The second kappa shape index (κ2) is 6.26. The van der Waals surface area contributed by atoms with Crippen molar-refractivity contribution in [2.24, 2.45) is 5.11 Å². The summed E-state index contributed by atoms with van der Waals surface area (Å²) in [6, 6.07) is 2.19. The van der Waals surface area contributed by atoms with Crippen molar-refractivity contribution < 1.29 is 13.9 Å². The molecular formula is C10H6Cl2FN3O2. The van der Waals surface area contributed by atoms with Crippen LogP contribution >= 0.6 is 23.2 Å². The Kier molecular flexibility index (Phi) is 4.97. The summed E-state index contributed by atoms with van der Waals surface area (Å²) in [5.74, 6) is -1.54. The Morgan fingerprint density at radius 2 is 2.17 bits per heavy atom. The molecule has 0 N–H and O–H groups in total. The first-order valence-electron chi connectivity index (χ1n) is 4.49. The smallest absolute Gasteiger partial charge is 0.340 e. The standard InChI is InChI=1S/C10H6Cl2FN3O2/c1-18-10(17)9(15-16-14)3-5-2-7(12)8(13)4-6(5)11/h2-4H,1H3/b9-3-. The molecule has 0 aliphatic rings. The van der Waals surface area contributed by atoms with E-state index in [4.69, 9.17) is 28.7 Å². The summed E-state index contributed by atoms with van der Waals surface area (Å²) in [4.78, 5) is 13.7. The van der Waals surface area contributed by atoms with Crippen LogP contribution in [0.5, 0.6) is 0 Å². The van der Waals surface area contributed by atoms with Gasteiger partial charge in [0.15, 0.2) is 0 Å². The van der Waals surface area contributed by atoms with Gasteiger partial charge in [0.25, 0.3) is 0 Å². The first kappa shape index (κ1) is 14.3. The minimum absolute atomic E-state index is 0.0199. The number of halogens is 3. The SMILES string of the molecule is COC(=O)/C(=C/c1cc(Cl)c(F)cc1Cl)N=[N+]=[N-].